The van der Waals surface area contributed by atoms with Crippen molar-refractivity contribution < 1.29 is 9.13 Å². The highest BCUT2D eigenvalue weighted by molar-refractivity contribution is 6.33. The number of nitrogens with zero attached hydrogens (tertiary/aromatic N) is 1. The minimum atomic E-state index is -1.08. The number of halogens is 1. The molecule has 2 heterocycles. The molecular weight excluding hydrogens is 314 g/mol. The van der Waals surface area contributed by atoms with Crippen LogP contribution in [0.3, 0.4) is 0 Å². The first-order valence-electron chi connectivity index (χ1n) is 8.64. The van der Waals surface area contributed by atoms with E-state index in [0.717, 1.165) is 35.9 Å². The van der Waals surface area contributed by atoms with E-state index in [1.165, 1.54) is 11.3 Å². The van der Waals surface area contributed by atoms with Gasteiger partial charge in [-0.1, -0.05) is 35.8 Å². The zero-order valence-corrected chi connectivity index (χ0v) is 14.0. The minimum absolute atomic E-state index is 0.0473. The van der Waals surface area contributed by atoms with Gasteiger partial charge in [0.05, 0.1) is 6.54 Å². The van der Waals surface area contributed by atoms with E-state index in [1.807, 2.05) is 48.5 Å². The quantitative estimate of drug-likeness (QED) is 0.726. The Kier molecular flexibility index (Phi) is 4.49. The molecule has 4 rings (SSSR count). The third kappa shape index (κ3) is 3.29. The van der Waals surface area contributed by atoms with Crippen molar-refractivity contribution in [2.75, 3.05) is 13.2 Å². The predicted molar refractivity (Wildman–Crippen MR) is 99.6 cm³/mol. The maximum absolute atomic E-state index is 14.6. The summed E-state index contributed by atoms with van der Waals surface area (Å²) in [5.74, 6) is 0.696. The average molecular weight is 334 g/mol. The average Bonchev–Trinajstić information content (AvgIpc) is 2.94. The summed E-state index contributed by atoms with van der Waals surface area (Å²) in [7, 11) is 5.96. The summed E-state index contributed by atoms with van der Waals surface area (Å²) in [5, 5.41) is 4.52. The molecule has 1 N–H and O–H groups in total. The summed E-state index contributed by atoms with van der Waals surface area (Å²) >= 11 is 0. The molecule has 0 bridgehead atoms. The maximum atomic E-state index is 14.6. The Labute approximate surface area is 148 Å². The Morgan fingerprint density at radius 2 is 2.04 bits per heavy atom. The molecule has 3 aromatic rings. The molecule has 1 aliphatic rings. The van der Waals surface area contributed by atoms with Gasteiger partial charge >= 0.3 is 0 Å². The first-order valence-corrected chi connectivity index (χ1v) is 8.64. The van der Waals surface area contributed by atoms with E-state index in [0.29, 0.717) is 12.3 Å². The summed E-state index contributed by atoms with van der Waals surface area (Å²) < 4.78 is 22.3. The van der Waals surface area contributed by atoms with Gasteiger partial charge in [0.15, 0.2) is 6.17 Å². The van der Waals surface area contributed by atoms with Gasteiger partial charge in [-0.25, -0.2) is 4.39 Å². The van der Waals surface area contributed by atoms with Crippen molar-refractivity contribution in [2.24, 2.45) is 0 Å². The first-order chi connectivity index (χ1) is 12.2. The number of fused-ring (bicyclic) bond motifs is 3. The molecule has 0 spiro atoms. The lowest BCUT2D eigenvalue weighted by molar-refractivity contribution is 0.179. The van der Waals surface area contributed by atoms with Gasteiger partial charge in [0, 0.05) is 36.1 Å². The summed E-state index contributed by atoms with van der Waals surface area (Å²) in [6.45, 7) is 2.06. The highest BCUT2D eigenvalue weighted by Gasteiger charge is 2.21. The SMILES string of the molecule is [B]c1ccc2c(c1)c1c(n2CC(F)COc2ccccc2)CCNC1. The van der Waals surface area contributed by atoms with E-state index in [1.54, 1.807) is 0 Å². The summed E-state index contributed by atoms with van der Waals surface area (Å²) in [4.78, 5) is 0. The van der Waals surface area contributed by atoms with Crippen molar-refractivity contribution >= 4 is 24.2 Å². The van der Waals surface area contributed by atoms with Gasteiger partial charge < -0.3 is 14.6 Å². The smallest absolute Gasteiger partial charge is 0.152 e. The Morgan fingerprint density at radius 1 is 1.20 bits per heavy atom. The number of rotatable bonds is 5. The highest BCUT2D eigenvalue weighted by atomic mass is 19.1. The lowest BCUT2D eigenvalue weighted by atomic mass is 9.93. The van der Waals surface area contributed by atoms with Gasteiger partial charge in [0.1, 0.15) is 20.2 Å². The van der Waals surface area contributed by atoms with Crippen molar-refractivity contribution in [3.8, 4) is 5.75 Å². The molecule has 0 fully saturated rings. The maximum Gasteiger partial charge on any atom is 0.152 e. The van der Waals surface area contributed by atoms with E-state index in [9.17, 15) is 4.39 Å². The molecule has 126 valence electrons. The van der Waals surface area contributed by atoms with Crippen LogP contribution < -0.4 is 15.5 Å². The van der Waals surface area contributed by atoms with Crippen LogP contribution in [0.2, 0.25) is 0 Å². The van der Waals surface area contributed by atoms with Crippen LogP contribution in [0, 0.1) is 0 Å². The van der Waals surface area contributed by atoms with Crippen molar-refractivity contribution in [3.05, 3.63) is 59.8 Å². The molecule has 3 nitrogen and oxygen atoms in total. The van der Waals surface area contributed by atoms with Crippen molar-refractivity contribution in [1.82, 2.24) is 9.88 Å². The normalized spacial score (nSPS) is 15.1. The second-order valence-electron chi connectivity index (χ2n) is 6.46. The van der Waals surface area contributed by atoms with Crippen LogP contribution in [0.25, 0.3) is 10.9 Å². The predicted octanol–water partition coefficient (Wildman–Crippen LogP) is 2.50. The van der Waals surface area contributed by atoms with E-state index < -0.39 is 6.17 Å². The molecule has 1 unspecified atom stereocenters. The zero-order valence-electron chi connectivity index (χ0n) is 14.0. The number of ether oxygens (including phenoxy) is 1. The van der Waals surface area contributed by atoms with Crippen LogP contribution >= 0.6 is 0 Å². The van der Waals surface area contributed by atoms with E-state index >= 15 is 0 Å². The third-order valence-electron chi connectivity index (χ3n) is 4.71. The van der Waals surface area contributed by atoms with Crippen molar-refractivity contribution in [3.63, 3.8) is 0 Å². The number of para-hydroxylation sites is 1. The number of alkyl halides is 1. The molecule has 1 aromatic heterocycles. The Bertz CT molecular complexity index is 878. The summed E-state index contributed by atoms with van der Waals surface area (Å²) in [5.41, 5.74) is 4.24. The lowest BCUT2D eigenvalue weighted by Crippen LogP contribution is -2.27. The zero-order chi connectivity index (χ0) is 17.2. The van der Waals surface area contributed by atoms with Gasteiger partial charge in [-0.15, -0.1) is 0 Å². The number of hydrogen-bond acceptors (Lipinski definition) is 2. The monoisotopic (exact) mass is 334 g/mol. The van der Waals surface area contributed by atoms with E-state index in [-0.39, 0.29) is 6.61 Å². The first kappa shape index (κ1) is 16.2. The van der Waals surface area contributed by atoms with Crippen LogP contribution in [-0.4, -0.2) is 31.7 Å². The minimum Gasteiger partial charge on any atom is -0.490 e. The molecule has 0 saturated carbocycles. The lowest BCUT2D eigenvalue weighted by Gasteiger charge is -2.18. The summed E-state index contributed by atoms with van der Waals surface area (Å²) in [6.07, 6.45) is -0.178. The Hall–Kier alpha value is -2.27. The fourth-order valence-corrected chi connectivity index (χ4v) is 3.56. The van der Waals surface area contributed by atoms with E-state index in [2.05, 4.69) is 9.88 Å². The molecule has 2 aromatic carbocycles. The van der Waals surface area contributed by atoms with Crippen LogP contribution in [0.1, 0.15) is 11.3 Å². The molecule has 5 heteroatoms. The molecule has 25 heavy (non-hydrogen) atoms. The van der Waals surface area contributed by atoms with Crippen LogP contribution in [0.15, 0.2) is 48.5 Å². The largest absolute Gasteiger partial charge is 0.490 e. The van der Waals surface area contributed by atoms with Gasteiger partial charge in [-0.2, -0.15) is 0 Å². The van der Waals surface area contributed by atoms with Gasteiger partial charge in [-0.05, 0) is 23.8 Å². The number of nitrogens with one attached hydrogen (secondary N) is 1. The molecule has 1 aliphatic heterocycles. The molecule has 0 amide bonds. The highest BCUT2D eigenvalue weighted by Crippen LogP contribution is 2.28. The summed E-state index contributed by atoms with van der Waals surface area (Å²) in [6, 6.07) is 15.2. The second-order valence-corrected chi connectivity index (χ2v) is 6.46. The fraction of sp³-hybridized carbons (Fsp3) is 0.300. The van der Waals surface area contributed by atoms with Gasteiger partial charge in [0.25, 0.3) is 0 Å². The Balaban J connectivity index is 1.58. The van der Waals surface area contributed by atoms with E-state index in [4.69, 9.17) is 12.6 Å². The van der Waals surface area contributed by atoms with Crippen LogP contribution in [0.4, 0.5) is 4.39 Å². The molecular formula is C20H20BFN2O. The number of aromatic nitrogens is 1. The fourth-order valence-electron chi connectivity index (χ4n) is 3.56. The third-order valence-corrected chi connectivity index (χ3v) is 4.71. The number of benzene rings is 2. The standard InChI is InChI=1S/C20H20BFN2O/c21-14-6-7-19-17(10-14)18-11-23-9-8-20(18)24(19)12-15(22)13-25-16-4-2-1-3-5-16/h1-7,10,15,23H,8-9,11-13H2. The molecule has 0 saturated heterocycles. The van der Waals surface area contributed by atoms with Crippen molar-refractivity contribution in [1.29, 1.82) is 0 Å². The van der Waals surface area contributed by atoms with Crippen molar-refractivity contribution in [2.45, 2.75) is 25.7 Å². The second kappa shape index (κ2) is 6.92. The molecule has 0 aliphatic carbocycles. The number of hydrogen-bond donors (Lipinski definition) is 1. The van der Waals surface area contributed by atoms with Gasteiger partial charge in [-0.3, -0.25) is 0 Å². The van der Waals surface area contributed by atoms with Crippen LogP contribution in [-0.2, 0) is 19.5 Å². The Morgan fingerprint density at radius 3 is 2.88 bits per heavy atom. The van der Waals surface area contributed by atoms with Crippen LogP contribution in [0.5, 0.6) is 5.75 Å². The topological polar surface area (TPSA) is 26.2 Å². The molecule has 2 radical (unpaired) electrons. The molecule has 1 atom stereocenters. The van der Waals surface area contributed by atoms with Gasteiger partial charge in [0.2, 0.25) is 0 Å².